The first-order chi connectivity index (χ1) is 9.54. The van der Waals surface area contributed by atoms with E-state index in [1.165, 1.54) is 0 Å². The van der Waals surface area contributed by atoms with E-state index in [-0.39, 0.29) is 36.6 Å². The van der Waals surface area contributed by atoms with E-state index in [1.807, 2.05) is 13.8 Å². The number of rotatable bonds is 5. The first-order valence-corrected chi connectivity index (χ1v) is 6.68. The molecular weight excluding hydrogens is 294 g/mol. The topological polar surface area (TPSA) is 71.7 Å². The number of ether oxygens (including phenoxy) is 1. The van der Waals surface area contributed by atoms with E-state index in [9.17, 15) is 9.90 Å². The lowest BCUT2D eigenvalue weighted by Crippen LogP contribution is -2.23. The molecule has 0 amide bonds. The normalized spacial score (nSPS) is 10.7. The van der Waals surface area contributed by atoms with Crippen molar-refractivity contribution in [2.45, 2.75) is 33.4 Å². The molecule has 21 heavy (non-hydrogen) atoms. The lowest BCUT2D eigenvalue weighted by atomic mass is 10.1. The molecule has 116 valence electrons. The van der Waals surface area contributed by atoms with Crippen LogP contribution in [0.15, 0.2) is 22.6 Å². The van der Waals surface area contributed by atoms with Crippen LogP contribution in [-0.4, -0.2) is 23.7 Å². The van der Waals surface area contributed by atoms with Crippen molar-refractivity contribution in [3.63, 3.8) is 0 Å². The number of benzene rings is 1. The number of fused-ring (bicyclic) bond motifs is 1. The van der Waals surface area contributed by atoms with Crippen LogP contribution >= 0.6 is 12.4 Å². The Morgan fingerprint density at radius 2 is 2.14 bits per heavy atom. The highest BCUT2D eigenvalue weighted by Gasteiger charge is 2.23. The summed E-state index contributed by atoms with van der Waals surface area (Å²) in [6, 6.07) is 5.22. The summed E-state index contributed by atoms with van der Waals surface area (Å²) in [6.45, 7) is 6.46. The van der Waals surface area contributed by atoms with Gasteiger partial charge in [0.2, 0.25) is 5.76 Å². The van der Waals surface area contributed by atoms with Gasteiger partial charge in [-0.3, -0.25) is 0 Å². The van der Waals surface area contributed by atoms with Crippen LogP contribution in [0.25, 0.3) is 11.0 Å². The van der Waals surface area contributed by atoms with Crippen molar-refractivity contribution in [2.75, 3.05) is 6.61 Å². The fraction of sp³-hybridized carbons (Fsp3) is 0.400. The van der Waals surface area contributed by atoms with Gasteiger partial charge in [-0.1, -0.05) is 19.9 Å². The molecule has 0 saturated heterocycles. The lowest BCUT2D eigenvalue weighted by molar-refractivity contribution is 0.0490. The predicted molar refractivity (Wildman–Crippen MR) is 83.1 cm³/mol. The summed E-state index contributed by atoms with van der Waals surface area (Å²) in [5.41, 5.74) is 1.11. The van der Waals surface area contributed by atoms with Gasteiger partial charge in [-0.05, 0) is 19.1 Å². The van der Waals surface area contributed by atoms with Crippen LogP contribution in [0.4, 0.5) is 0 Å². The maximum absolute atomic E-state index is 12.0. The Hall–Kier alpha value is -1.72. The minimum atomic E-state index is -0.511. The Balaban J connectivity index is 0.00000220. The van der Waals surface area contributed by atoms with Gasteiger partial charge in [0.1, 0.15) is 11.3 Å². The first-order valence-electron chi connectivity index (χ1n) is 6.68. The Bertz CT molecular complexity index is 621. The molecule has 2 rings (SSSR count). The Labute approximate surface area is 129 Å². The van der Waals surface area contributed by atoms with Crippen LogP contribution in [0.5, 0.6) is 5.75 Å². The zero-order valence-corrected chi connectivity index (χ0v) is 13.1. The molecule has 1 heterocycles. The smallest absolute Gasteiger partial charge is 0.374 e. The van der Waals surface area contributed by atoms with Crippen molar-refractivity contribution < 1.29 is 19.1 Å². The van der Waals surface area contributed by atoms with Crippen LogP contribution < -0.4 is 5.32 Å². The Morgan fingerprint density at radius 3 is 2.76 bits per heavy atom. The van der Waals surface area contributed by atoms with Gasteiger partial charge < -0.3 is 19.6 Å². The van der Waals surface area contributed by atoms with E-state index < -0.39 is 5.97 Å². The number of carbonyl (C=O) groups is 1. The number of hydrogen-bond donors (Lipinski definition) is 2. The molecule has 2 aromatic rings. The maximum atomic E-state index is 12.0. The van der Waals surface area contributed by atoms with E-state index in [4.69, 9.17) is 9.15 Å². The van der Waals surface area contributed by atoms with Gasteiger partial charge in [-0.2, -0.15) is 0 Å². The number of furan rings is 1. The molecule has 0 saturated carbocycles. The summed E-state index contributed by atoms with van der Waals surface area (Å²) in [5, 5.41) is 13.8. The Kier molecular flexibility index (Phi) is 6.05. The van der Waals surface area contributed by atoms with Crippen LogP contribution in [0.2, 0.25) is 0 Å². The fourth-order valence-corrected chi connectivity index (χ4v) is 2.03. The molecule has 0 aliphatic heterocycles. The van der Waals surface area contributed by atoms with E-state index in [1.54, 1.807) is 25.1 Å². The van der Waals surface area contributed by atoms with E-state index in [0.717, 1.165) is 0 Å². The molecule has 5 nitrogen and oxygen atoms in total. The second-order valence-electron chi connectivity index (χ2n) is 4.82. The first kappa shape index (κ1) is 17.3. The third-order valence-electron chi connectivity index (χ3n) is 2.94. The van der Waals surface area contributed by atoms with Gasteiger partial charge in [0.05, 0.1) is 12.0 Å². The number of aromatic hydroxyl groups is 1. The van der Waals surface area contributed by atoms with Gasteiger partial charge in [-0.15, -0.1) is 12.4 Å². The van der Waals surface area contributed by atoms with Crippen molar-refractivity contribution in [2.24, 2.45) is 0 Å². The quantitative estimate of drug-likeness (QED) is 0.829. The molecule has 0 aliphatic carbocycles. The zero-order valence-electron chi connectivity index (χ0n) is 12.3. The van der Waals surface area contributed by atoms with Gasteiger partial charge in [0.25, 0.3) is 0 Å². The molecule has 0 atom stereocenters. The number of hydrogen-bond acceptors (Lipinski definition) is 5. The molecule has 1 aromatic carbocycles. The standard InChI is InChI=1S/C15H19NO4.ClH/c1-4-19-15(18)14-10(8-16-9(2)3)13-11(17)6-5-7-12(13)20-14;/h5-7,9,16-17H,4,8H2,1-3H3;1H. The predicted octanol–water partition coefficient (Wildman–Crippen LogP) is 3.23. The third-order valence-corrected chi connectivity index (χ3v) is 2.94. The summed E-state index contributed by atoms with van der Waals surface area (Å²) >= 11 is 0. The van der Waals surface area contributed by atoms with E-state index in [0.29, 0.717) is 23.1 Å². The summed E-state index contributed by atoms with van der Waals surface area (Å²) < 4.78 is 10.6. The molecule has 0 bridgehead atoms. The minimum absolute atomic E-state index is 0. The monoisotopic (exact) mass is 313 g/mol. The SMILES string of the molecule is CCOC(=O)c1oc2cccc(O)c2c1CNC(C)C.Cl. The summed E-state index contributed by atoms with van der Waals surface area (Å²) in [6.07, 6.45) is 0. The average molecular weight is 314 g/mol. The van der Waals surface area contributed by atoms with Gasteiger partial charge >= 0.3 is 5.97 Å². The minimum Gasteiger partial charge on any atom is -0.507 e. The van der Waals surface area contributed by atoms with Crippen LogP contribution in [0, 0.1) is 0 Å². The molecule has 6 heteroatoms. The van der Waals surface area contributed by atoms with Gasteiger partial charge in [-0.25, -0.2) is 4.79 Å². The largest absolute Gasteiger partial charge is 0.507 e. The number of phenols is 1. The highest BCUT2D eigenvalue weighted by atomic mass is 35.5. The number of esters is 1. The van der Waals surface area contributed by atoms with Crippen molar-refractivity contribution in [3.05, 3.63) is 29.5 Å². The summed E-state index contributed by atoms with van der Waals surface area (Å²) in [5.74, 6) is -0.262. The van der Waals surface area contributed by atoms with Crippen molar-refractivity contribution in [1.82, 2.24) is 5.32 Å². The summed E-state index contributed by atoms with van der Waals surface area (Å²) in [7, 11) is 0. The second-order valence-corrected chi connectivity index (χ2v) is 4.82. The molecule has 0 radical (unpaired) electrons. The molecule has 1 aromatic heterocycles. The molecule has 0 spiro atoms. The number of carbonyl (C=O) groups excluding carboxylic acids is 1. The highest BCUT2D eigenvalue weighted by Crippen LogP contribution is 2.33. The fourth-order valence-electron chi connectivity index (χ4n) is 2.03. The number of halogens is 1. The van der Waals surface area contributed by atoms with Crippen LogP contribution in [-0.2, 0) is 11.3 Å². The van der Waals surface area contributed by atoms with Crippen molar-refractivity contribution in [1.29, 1.82) is 0 Å². The van der Waals surface area contributed by atoms with Crippen LogP contribution in [0.3, 0.4) is 0 Å². The number of phenolic OH excluding ortho intramolecular Hbond substituents is 1. The summed E-state index contributed by atoms with van der Waals surface area (Å²) in [4.78, 5) is 12.0. The highest BCUT2D eigenvalue weighted by molar-refractivity contribution is 5.98. The van der Waals surface area contributed by atoms with Crippen molar-refractivity contribution >= 4 is 29.3 Å². The molecular formula is C15H20ClNO4. The van der Waals surface area contributed by atoms with Crippen molar-refractivity contribution in [3.8, 4) is 5.75 Å². The molecule has 0 fully saturated rings. The van der Waals surface area contributed by atoms with Gasteiger partial charge in [0, 0.05) is 18.2 Å². The molecule has 2 N–H and O–H groups in total. The van der Waals surface area contributed by atoms with E-state index in [2.05, 4.69) is 5.32 Å². The van der Waals surface area contributed by atoms with Crippen LogP contribution in [0.1, 0.15) is 36.9 Å². The lowest BCUT2D eigenvalue weighted by Gasteiger charge is -2.08. The van der Waals surface area contributed by atoms with Gasteiger partial charge in [0.15, 0.2) is 0 Å². The van der Waals surface area contributed by atoms with E-state index >= 15 is 0 Å². The maximum Gasteiger partial charge on any atom is 0.374 e. The second kappa shape index (κ2) is 7.33. The number of nitrogens with one attached hydrogen (secondary N) is 1. The zero-order chi connectivity index (χ0) is 14.7. The molecule has 0 aliphatic rings. The third kappa shape index (κ3) is 3.68. The Morgan fingerprint density at radius 1 is 1.43 bits per heavy atom. The average Bonchev–Trinajstić information content (AvgIpc) is 2.76. The molecule has 0 unspecified atom stereocenters.